The Balaban J connectivity index is 2.39. The van der Waals surface area contributed by atoms with E-state index in [1.165, 1.54) is 9.78 Å². The van der Waals surface area contributed by atoms with Crippen LogP contribution in [-0.2, 0) is 11.3 Å². The molecule has 1 rings (SSSR count). The lowest BCUT2D eigenvalue weighted by Crippen LogP contribution is -2.40. The molecule has 1 heterocycles. The molecule has 0 unspecified atom stereocenters. The second kappa shape index (κ2) is 7.00. The van der Waals surface area contributed by atoms with Gasteiger partial charge in [-0.1, -0.05) is 0 Å². The van der Waals surface area contributed by atoms with Crippen LogP contribution in [0.25, 0.3) is 0 Å². The van der Waals surface area contributed by atoms with Gasteiger partial charge in [-0.25, -0.2) is 4.79 Å². The van der Waals surface area contributed by atoms with Crippen LogP contribution < -0.4 is 5.32 Å². The first kappa shape index (κ1) is 14.5. The molecule has 1 aromatic heterocycles. The van der Waals surface area contributed by atoms with Gasteiger partial charge in [-0.3, -0.25) is 4.79 Å². The molecular weight excluding hydrogens is 252 g/mol. The third-order valence-electron chi connectivity index (χ3n) is 2.47. The number of urea groups is 1. The number of nitrogens with one attached hydrogen (secondary N) is 1. The average Bonchev–Trinajstić information content (AvgIpc) is 2.73. The lowest BCUT2D eigenvalue weighted by Gasteiger charge is -2.20. The average molecular weight is 270 g/mol. The van der Waals surface area contributed by atoms with E-state index in [-0.39, 0.29) is 19.0 Å². The first-order chi connectivity index (χ1) is 8.52. The SMILES string of the molecule is CCN(CCC(=O)O)C(=O)NCc1ccc(C)s1. The maximum absolute atomic E-state index is 11.8. The van der Waals surface area contributed by atoms with E-state index in [2.05, 4.69) is 5.32 Å². The highest BCUT2D eigenvalue weighted by Gasteiger charge is 2.12. The van der Waals surface area contributed by atoms with Crippen molar-refractivity contribution in [2.75, 3.05) is 13.1 Å². The molecule has 0 aliphatic rings. The predicted octanol–water partition coefficient (Wildman–Crippen LogP) is 2.06. The number of thiophene rings is 1. The van der Waals surface area contributed by atoms with E-state index >= 15 is 0 Å². The normalized spacial score (nSPS) is 10.1. The minimum Gasteiger partial charge on any atom is -0.481 e. The van der Waals surface area contributed by atoms with Crippen molar-refractivity contribution in [1.82, 2.24) is 10.2 Å². The lowest BCUT2D eigenvalue weighted by molar-refractivity contribution is -0.137. The Labute approximate surface area is 110 Å². The van der Waals surface area contributed by atoms with Gasteiger partial charge in [-0.05, 0) is 26.0 Å². The summed E-state index contributed by atoms with van der Waals surface area (Å²) in [6.45, 7) is 5.07. The maximum atomic E-state index is 11.8. The minimum absolute atomic E-state index is 0.0284. The number of carboxylic acids is 1. The molecule has 0 aromatic carbocycles. The summed E-state index contributed by atoms with van der Waals surface area (Å²) in [5.41, 5.74) is 0. The van der Waals surface area contributed by atoms with E-state index in [9.17, 15) is 9.59 Å². The van der Waals surface area contributed by atoms with Crippen LogP contribution in [0.4, 0.5) is 4.79 Å². The Kier molecular flexibility index (Phi) is 5.64. The third-order valence-corrected chi connectivity index (χ3v) is 3.48. The molecule has 0 saturated heterocycles. The summed E-state index contributed by atoms with van der Waals surface area (Å²) in [6.07, 6.45) is -0.0284. The van der Waals surface area contributed by atoms with Crippen molar-refractivity contribution in [3.05, 3.63) is 21.9 Å². The quantitative estimate of drug-likeness (QED) is 0.831. The highest BCUT2D eigenvalue weighted by molar-refractivity contribution is 7.11. The van der Waals surface area contributed by atoms with Gasteiger partial charge in [-0.2, -0.15) is 0 Å². The number of carbonyl (C=O) groups excluding carboxylic acids is 1. The molecule has 1 aromatic rings. The van der Waals surface area contributed by atoms with Gasteiger partial charge in [0, 0.05) is 22.8 Å². The molecular formula is C12H18N2O3S. The van der Waals surface area contributed by atoms with Crippen molar-refractivity contribution >= 4 is 23.3 Å². The highest BCUT2D eigenvalue weighted by Crippen LogP contribution is 2.14. The van der Waals surface area contributed by atoms with E-state index in [1.807, 2.05) is 26.0 Å². The number of nitrogens with zero attached hydrogens (tertiary/aromatic N) is 1. The van der Waals surface area contributed by atoms with Crippen LogP contribution in [-0.4, -0.2) is 35.1 Å². The second-order valence-electron chi connectivity index (χ2n) is 3.89. The smallest absolute Gasteiger partial charge is 0.317 e. The van der Waals surface area contributed by atoms with Gasteiger partial charge >= 0.3 is 12.0 Å². The van der Waals surface area contributed by atoms with E-state index < -0.39 is 5.97 Å². The van der Waals surface area contributed by atoms with Gasteiger partial charge in [0.15, 0.2) is 0 Å². The van der Waals surface area contributed by atoms with Crippen LogP contribution in [0.2, 0.25) is 0 Å². The first-order valence-corrected chi connectivity index (χ1v) is 6.64. The van der Waals surface area contributed by atoms with E-state index in [0.29, 0.717) is 13.1 Å². The van der Waals surface area contributed by atoms with Crippen molar-refractivity contribution in [2.45, 2.75) is 26.8 Å². The van der Waals surface area contributed by atoms with Gasteiger partial charge in [0.05, 0.1) is 13.0 Å². The molecule has 0 bridgehead atoms. The van der Waals surface area contributed by atoms with Crippen LogP contribution in [0.1, 0.15) is 23.1 Å². The summed E-state index contributed by atoms with van der Waals surface area (Å²) in [7, 11) is 0. The summed E-state index contributed by atoms with van der Waals surface area (Å²) in [5.74, 6) is -0.893. The molecule has 0 radical (unpaired) electrons. The zero-order valence-corrected chi connectivity index (χ0v) is 11.4. The van der Waals surface area contributed by atoms with Gasteiger partial charge in [-0.15, -0.1) is 11.3 Å². The Morgan fingerprint density at radius 2 is 2.17 bits per heavy atom. The molecule has 0 saturated carbocycles. The van der Waals surface area contributed by atoms with E-state index in [0.717, 1.165) is 4.88 Å². The van der Waals surface area contributed by atoms with Crippen LogP contribution in [0, 0.1) is 6.92 Å². The number of carbonyl (C=O) groups is 2. The first-order valence-electron chi connectivity index (χ1n) is 5.82. The summed E-state index contributed by atoms with van der Waals surface area (Å²) in [5, 5.41) is 11.4. The van der Waals surface area contributed by atoms with Crippen LogP contribution >= 0.6 is 11.3 Å². The molecule has 6 heteroatoms. The zero-order chi connectivity index (χ0) is 13.5. The Morgan fingerprint density at radius 1 is 1.44 bits per heavy atom. The van der Waals surface area contributed by atoms with Crippen LogP contribution in [0.15, 0.2) is 12.1 Å². The van der Waals surface area contributed by atoms with Crippen molar-refractivity contribution in [3.8, 4) is 0 Å². The summed E-state index contributed by atoms with van der Waals surface area (Å²) in [4.78, 5) is 26.1. The standard InChI is InChI=1S/C12H18N2O3S/c1-3-14(7-6-11(15)16)12(17)13-8-10-5-4-9(2)18-10/h4-5H,3,6-8H2,1-2H3,(H,13,17)(H,15,16). The molecule has 0 aliphatic heterocycles. The fraction of sp³-hybridized carbons (Fsp3) is 0.500. The van der Waals surface area contributed by atoms with Crippen LogP contribution in [0.5, 0.6) is 0 Å². The van der Waals surface area contributed by atoms with Crippen molar-refractivity contribution in [1.29, 1.82) is 0 Å². The molecule has 5 nitrogen and oxygen atoms in total. The second-order valence-corrected chi connectivity index (χ2v) is 5.27. The fourth-order valence-electron chi connectivity index (χ4n) is 1.49. The Bertz CT molecular complexity index is 417. The summed E-state index contributed by atoms with van der Waals surface area (Å²) in [6, 6.07) is 3.77. The summed E-state index contributed by atoms with van der Waals surface area (Å²) >= 11 is 1.64. The van der Waals surface area contributed by atoms with Gasteiger partial charge in [0.2, 0.25) is 0 Å². The van der Waals surface area contributed by atoms with Gasteiger partial charge < -0.3 is 15.3 Å². The lowest BCUT2D eigenvalue weighted by atomic mass is 10.4. The maximum Gasteiger partial charge on any atom is 0.317 e. The topological polar surface area (TPSA) is 69.6 Å². The van der Waals surface area contributed by atoms with E-state index in [1.54, 1.807) is 11.3 Å². The number of hydrogen-bond donors (Lipinski definition) is 2. The van der Waals surface area contributed by atoms with Gasteiger partial charge in [0.1, 0.15) is 0 Å². The molecule has 0 atom stereocenters. The number of hydrogen-bond acceptors (Lipinski definition) is 3. The van der Waals surface area contributed by atoms with Crippen molar-refractivity contribution in [2.24, 2.45) is 0 Å². The summed E-state index contributed by atoms with van der Waals surface area (Å²) < 4.78 is 0. The number of aliphatic carboxylic acids is 1. The van der Waals surface area contributed by atoms with Crippen LogP contribution in [0.3, 0.4) is 0 Å². The Morgan fingerprint density at radius 3 is 2.67 bits per heavy atom. The minimum atomic E-state index is -0.893. The van der Waals surface area contributed by atoms with Crippen molar-refractivity contribution < 1.29 is 14.7 Å². The fourth-order valence-corrected chi connectivity index (χ4v) is 2.32. The van der Waals surface area contributed by atoms with E-state index in [4.69, 9.17) is 5.11 Å². The zero-order valence-electron chi connectivity index (χ0n) is 10.6. The van der Waals surface area contributed by atoms with Gasteiger partial charge in [0.25, 0.3) is 0 Å². The van der Waals surface area contributed by atoms with Crippen molar-refractivity contribution in [3.63, 3.8) is 0 Å². The number of carboxylic acid groups (broad SMARTS) is 1. The molecule has 0 spiro atoms. The predicted molar refractivity (Wildman–Crippen MR) is 70.8 cm³/mol. The largest absolute Gasteiger partial charge is 0.481 e. The monoisotopic (exact) mass is 270 g/mol. The molecule has 0 fully saturated rings. The number of rotatable bonds is 6. The molecule has 18 heavy (non-hydrogen) atoms. The molecule has 2 amide bonds. The number of amides is 2. The third kappa shape index (κ3) is 4.75. The molecule has 100 valence electrons. The Hall–Kier alpha value is -1.56. The highest BCUT2D eigenvalue weighted by atomic mass is 32.1. The molecule has 2 N–H and O–H groups in total. The molecule has 0 aliphatic carbocycles. The number of aryl methyl sites for hydroxylation is 1.